The molecule has 1 aromatic heterocycles. The first-order valence-electron chi connectivity index (χ1n) is 8.00. The minimum atomic E-state index is -0.185. The maximum Gasteiger partial charge on any atom is 0.224 e. The Morgan fingerprint density at radius 2 is 1.88 bits per heavy atom. The first-order chi connectivity index (χ1) is 11.6. The van der Waals surface area contributed by atoms with Crippen LogP contribution in [0.2, 0.25) is 0 Å². The second kappa shape index (κ2) is 8.76. The molecule has 0 unspecified atom stereocenters. The van der Waals surface area contributed by atoms with Crippen LogP contribution in [0, 0.1) is 6.92 Å². The Labute approximate surface area is 141 Å². The molecular formula is C18H22N4O2. The van der Waals surface area contributed by atoms with Crippen LogP contribution in [0.25, 0.3) is 0 Å². The van der Waals surface area contributed by atoms with Gasteiger partial charge < -0.3 is 10.6 Å². The van der Waals surface area contributed by atoms with E-state index in [4.69, 9.17) is 0 Å². The minimum Gasteiger partial charge on any atom is -0.350 e. The molecule has 2 amide bonds. The van der Waals surface area contributed by atoms with E-state index in [0.29, 0.717) is 12.2 Å². The zero-order valence-corrected chi connectivity index (χ0v) is 14.0. The van der Waals surface area contributed by atoms with Gasteiger partial charge in [0, 0.05) is 24.7 Å². The molecule has 0 radical (unpaired) electrons. The maximum atomic E-state index is 11.9. The molecule has 6 heteroatoms. The Kier molecular flexibility index (Phi) is 6.42. The first-order valence-corrected chi connectivity index (χ1v) is 8.00. The van der Waals surface area contributed by atoms with Crippen molar-refractivity contribution in [3.63, 3.8) is 0 Å². The number of nitrogens with zero attached hydrogens (tertiary/aromatic N) is 2. The summed E-state index contributed by atoms with van der Waals surface area (Å²) < 4.78 is 0. The molecule has 0 aliphatic rings. The van der Waals surface area contributed by atoms with Gasteiger partial charge in [-0.05, 0) is 31.0 Å². The normalized spacial score (nSPS) is 10.2. The van der Waals surface area contributed by atoms with E-state index in [1.54, 1.807) is 12.4 Å². The van der Waals surface area contributed by atoms with E-state index in [1.165, 1.54) is 0 Å². The van der Waals surface area contributed by atoms with Crippen LogP contribution < -0.4 is 10.6 Å². The molecule has 6 nitrogen and oxygen atoms in total. The van der Waals surface area contributed by atoms with Crippen molar-refractivity contribution in [2.75, 3.05) is 5.32 Å². The quantitative estimate of drug-likeness (QED) is 0.818. The zero-order chi connectivity index (χ0) is 17.4. The minimum absolute atomic E-state index is 0.137. The molecule has 1 heterocycles. The fraction of sp³-hybridized carbons (Fsp3) is 0.333. The molecule has 0 atom stereocenters. The van der Waals surface area contributed by atoms with Gasteiger partial charge in [0.15, 0.2) is 0 Å². The number of rotatable bonds is 7. The number of hydrogen-bond donors (Lipinski definition) is 2. The Morgan fingerprint density at radius 1 is 1.08 bits per heavy atom. The Hall–Kier alpha value is -2.76. The number of amides is 2. The van der Waals surface area contributed by atoms with Crippen molar-refractivity contribution in [2.45, 2.75) is 39.7 Å². The van der Waals surface area contributed by atoms with Crippen LogP contribution in [-0.2, 0) is 22.6 Å². The smallest absolute Gasteiger partial charge is 0.224 e. The van der Waals surface area contributed by atoms with Crippen molar-refractivity contribution in [2.24, 2.45) is 0 Å². The summed E-state index contributed by atoms with van der Waals surface area (Å²) in [7, 11) is 0. The van der Waals surface area contributed by atoms with E-state index in [2.05, 4.69) is 27.5 Å². The van der Waals surface area contributed by atoms with Gasteiger partial charge in [0.1, 0.15) is 0 Å². The lowest BCUT2D eigenvalue weighted by Crippen LogP contribution is -2.25. The predicted molar refractivity (Wildman–Crippen MR) is 92.3 cm³/mol. The molecule has 2 rings (SSSR count). The van der Waals surface area contributed by atoms with E-state index in [9.17, 15) is 9.59 Å². The first kappa shape index (κ1) is 17.6. The van der Waals surface area contributed by atoms with E-state index in [0.717, 1.165) is 23.4 Å². The lowest BCUT2D eigenvalue weighted by molar-refractivity contribution is -0.124. The zero-order valence-electron chi connectivity index (χ0n) is 14.0. The van der Waals surface area contributed by atoms with Gasteiger partial charge in [-0.25, -0.2) is 0 Å². The number of nitrogens with one attached hydrogen (secondary N) is 2. The van der Waals surface area contributed by atoms with Crippen molar-refractivity contribution < 1.29 is 9.59 Å². The van der Waals surface area contributed by atoms with Crippen LogP contribution in [0.3, 0.4) is 0 Å². The third kappa shape index (κ3) is 5.79. The monoisotopic (exact) mass is 326 g/mol. The van der Waals surface area contributed by atoms with E-state index in [1.807, 2.05) is 31.2 Å². The van der Waals surface area contributed by atoms with Crippen molar-refractivity contribution in [3.05, 3.63) is 53.6 Å². The molecule has 0 saturated carbocycles. The van der Waals surface area contributed by atoms with Crippen molar-refractivity contribution in [1.82, 2.24) is 15.3 Å². The number of carbonyl (C=O) groups is 2. The molecule has 0 aliphatic heterocycles. The van der Waals surface area contributed by atoms with E-state index >= 15 is 0 Å². The molecule has 2 N–H and O–H groups in total. The predicted octanol–water partition coefficient (Wildman–Crippen LogP) is 2.38. The van der Waals surface area contributed by atoms with Gasteiger partial charge in [0.2, 0.25) is 11.8 Å². The van der Waals surface area contributed by atoms with Gasteiger partial charge in [-0.3, -0.25) is 19.6 Å². The summed E-state index contributed by atoms with van der Waals surface area (Å²) in [4.78, 5) is 32.0. The molecule has 126 valence electrons. The number of benzene rings is 1. The highest BCUT2D eigenvalue weighted by Crippen LogP contribution is 2.11. The molecular weight excluding hydrogens is 304 g/mol. The maximum absolute atomic E-state index is 11.9. The summed E-state index contributed by atoms with van der Waals surface area (Å²) in [5, 5.41) is 5.55. The van der Waals surface area contributed by atoms with Gasteiger partial charge in [0.25, 0.3) is 0 Å². The number of carbonyl (C=O) groups excluding carboxylic acids is 2. The second-order valence-corrected chi connectivity index (χ2v) is 5.53. The Bertz CT molecular complexity index is 698. The molecule has 2 aromatic rings. The SMILES string of the molecule is CCc1cccc(NC(=O)CCC(=O)NCc2cnc(C)cn2)c1. The number of aromatic nitrogens is 2. The fourth-order valence-electron chi connectivity index (χ4n) is 2.11. The van der Waals surface area contributed by atoms with Crippen LogP contribution in [0.15, 0.2) is 36.7 Å². The molecule has 1 aromatic carbocycles. The standard InChI is InChI=1S/C18H22N4O2/c1-3-14-5-4-6-15(9-14)22-18(24)8-7-17(23)21-12-16-11-19-13(2)10-20-16/h4-6,9-11H,3,7-8,12H2,1-2H3,(H,21,23)(H,22,24). The van der Waals surface area contributed by atoms with Crippen molar-refractivity contribution >= 4 is 17.5 Å². The third-order valence-electron chi connectivity index (χ3n) is 3.50. The molecule has 24 heavy (non-hydrogen) atoms. The average Bonchev–Trinajstić information content (AvgIpc) is 2.59. The van der Waals surface area contributed by atoms with Gasteiger partial charge in [0.05, 0.1) is 24.1 Å². The van der Waals surface area contributed by atoms with Crippen molar-refractivity contribution in [3.8, 4) is 0 Å². The van der Waals surface area contributed by atoms with E-state index in [-0.39, 0.29) is 24.7 Å². The molecule has 0 bridgehead atoms. The molecule has 0 spiro atoms. The highest BCUT2D eigenvalue weighted by molar-refractivity contribution is 5.93. The summed E-state index contributed by atoms with van der Waals surface area (Å²) in [6.45, 7) is 4.22. The van der Waals surface area contributed by atoms with Crippen LogP contribution in [0.1, 0.15) is 36.7 Å². The molecule has 0 aliphatic carbocycles. The fourth-order valence-corrected chi connectivity index (χ4v) is 2.11. The number of aryl methyl sites for hydroxylation is 2. The lowest BCUT2D eigenvalue weighted by atomic mass is 10.1. The highest BCUT2D eigenvalue weighted by atomic mass is 16.2. The van der Waals surface area contributed by atoms with Gasteiger partial charge in [-0.1, -0.05) is 19.1 Å². The summed E-state index contributed by atoms with van der Waals surface area (Å²) >= 11 is 0. The van der Waals surface area contributed by atoms with Gasteiger partial charge in [-0.15, -0.1) is 0 Å². The Morgan fingerprint density at radius 3 is 2.58 bits per heavy atom. The second-order valence-electron chi connectivity index (χ2n) is 5.53. The Balaban J connectivity index is 1.72. The largest absolute Gasteiger partial charge is 0.350 e. The third-order valence-corrected chi connectivity index (χ3v) is 3.50. The highest BCUT2D eigenvalue weighted by Gasteiger charge is 2.08. The number of anilines is 1. The summed E-state index contributed by atoms with van der Waals surface area (Å²) in [5.41, 5.74) is 3.43. The van der Waals surface area contributed by atoms with Crippen LogP contribution in [0.5, 0.6) is 0 Å². The van der Waals surface area contributed by atoms with Gasteiger partial charge in [-0.2, -0.15) is 0 Å². The summed E-state index contributed by atoms with van der Waals surface area (Å²) in [6.07, 6.45) is 4.47. The summed E-state index contributed by atoms with van der Waals surface area (Å²) in [5.74, 6) is -0.358. The summed E-state index contributed by atoms with van der Waals surface area (Å²) in [6, 6.07) is 7.70. The molecule has 0 saturated heterocycles. The number of hydrogen-bond acceptors (Lipinski definition) is 4. The van der Waals surface area contributed by atoms with Crippen molar-refractivity contribution in [1.29, 1.82) is 0 Å². The van der Waals surface area contributed by atoms with Crippen LogP contribution >= 0.6 is 0 Å². The van der Waals surface area contributed by atoms with E-state index < -0.39 is 0 Å². The topological polar surface area (TPSA) is 84.0 Å². The van der Waals surface area contributed by atoms with Gasteiger partial charge >= 0.3 is 0 Å². The lowest BCUT2D eigenvalue weighted by Gasteiger charge is -2.07. The van der Waals surface area contributed by atoms with Crippen LogP contribution in [-0.4, -0.2) is 21.8 Å². The molecule has 0 fully saturated rings. The average molecular weight is 326 g/mol. The van der Waals surface area contributed by atoms with Crippen LogP contribution in [0.4, 0.5) is 5.69 Å².